The van der Waals surface area contributed by atoms with E-state index in [1.807, 2.05) is 30.3 Å². The fourth-order valence-corrected chi connectivity index (χ4v) is 3.07. The fraction of sp³-hybridized carbons (Fsp3) is 0.368. The fourth-order valence-electron chi connectivity index (χ4n) is 3.07. The van der Waals surface area contributed by atoms with Crippen LogP contribution in [0.15, 0.2) is 36.4 Å². The van der Waals surface area contributed by atoms with E-state index in [4.69, 9.17) is 18.9 Å². The summed E-state index contributed by atoms with van der Waals surface area (Å²) in [6.07, 6.45) is 1.87. The smallest absolute Gasteiger partial charge is 0.203 e. The van der Waals surface area contributed by atoms with Crippen molar-refractivity contribution in [1.29, 1.82) is 0 Å². The number of benzene rings is 2. The van der Waals surface area contributed by atoms with E-state index >= 15 is 0 Å². The molecular formula is C19H22O4. The molecule has 3 rings (SSSR count). The largest absolute Gasteiger partial charge is 0.493 e. The van der Waals surface area contributed by atoms with Crippen molar-refractivity contribution in [2.24, 2.45) is 0 Å². The molecule has 0 fully saturated rings. The molecule has 0 saturated heterocycles. The number of aryl methyl sites for hydroxylation is 1. The lowest BCUT2D eigenvalue weighted by molar-refractivity contribution is 0.0620. The summed E-state index contributed by atoms with van der Waals surface area (Å²) in [7, 11) is 4.86. The Morgan fingerprint density at radius 2 is 1.61 bits per heavy atom. The minimum Gasteiger partial charge on any atom is -0.493 e. The van der Waals surface area contributed by atoms with Gasteiger partial charge in [-0.05, 0) is 43.5 Å². The van der Waals surface area contributed by atoms with Gasteiger partial charge >= 0.3 is 0 Å². The molecule has 0 spiro atoms. The van der Waals surface area contributed by atoms with Crippen molar-refractivity contribution in [1.82, 2.24) is 0 Å². The van der Waals surface area contributed by atoms with Gasteiger partial charge in [-0.25, -0.2) is 0 Å². The average molecular weight is 314 g/mol. The number of fused-ring (bicyclic) bond motifs is 1. The Morgan fingerprint density at radius 3 is 2.22 bits per heavy atom. The lowest BCUT2D eigenvalue weighted by Gasteiger charge is -2.36. The van der Waals surface area contributed by atoms with E-state index in [-0.39, 0.29) is 0 Å². The molecule has 0 amide bonds. The molecule has 1 heterocycles. The van der Waals surface area contributed by atoms with Crippen LogP contribution < -0.4 is 18.9 Å². The van der Waals surface area contributed by atoms with Gasteiger partial charge in [0.2, 0.25) is 5.75 Å². The number of ether oxygens (including phenoxy) is 4. The standard InChI is InChI=1S/C19H22O4/c1-19(10-9-13-7-5-6-8-15(13)23-19)14-11-16(20-2)18(22-4)17(12-14)21-3/h5-8,11-12H,9-10H2,1-4H3. The zero-order chi connectivity index (χ0) is 16.4. The van der Waals surface area contributed by atoms with E-state index in [1.54, 1.807) is 21.3 Å². The Hall–Kier alpha value is -2.36. The predicted octanol–water partition coefficient (Wildman–Crippen LogP) is 3.95. The molecule has 0 saturated carbocycles. The molecule has 1 atom stereocenters. The predicted molar refractivity (Wildman–Crippen MR) is 88.8 cm³/mol. The zero-order valence-corrected chi connectivity index (χ0v) is 14.0. The van der Waals surface area contributed by atoms with Crippen LogP contribution in [0.2, 0.25) is 0 Å². The molecule has 4 nitrogen and oxygen atoms in total. The van der Waals surface area contributed by atoms with Crippen LogP contribution in [-0.4, -0.2) is 21.3 Å². The van der Waals surface area contributed by atoms with E-state index in [0.717, 1.165) is 24.2 Å². The summed E-state index contributed by atoms with van der Waals surface area (Å²) in [5.74, 6) is 2.82. The first-order chi connectivity index (χ1) is 11.1. The van der Waals surface area contributed by atoms with E-state index in [2.05, 4.69) is 13.0 Å². The van der Waals surface area contributed by atoms with E-state index < -0.39 is 5.60 Å². The van der Waals surface area contributed by atoms with Gasteiger partial charge in [0, 0.05) is 5.56 Å². The molecule has 0 bridgehead atoms. The number of rotatable bonds is 4. The lowest BCUT2D eigenvalue weighted by Crippen LogP contribution is -2.33. The summed E-state index contributed by atoms with van der Waals surface area (Å²) < 4.78 is 22.7. The van der Waals surface area contributed by atoms with Crippen LogP contribution >= 0.6 is 0 Å². The highest BCUT2D eigenvalue weighted by Gasteiger charge is 2.35. The van der Waals surface area contributed by atoms with Gasteiger partial charge in [-0.2, -0.15) is 0 Å². The highest BCUT2D eigenvalue weighted by atomic mass is 16.5. The topological polar surface area (TPSA) is 36.9 Å². The maximum absolute atomic E-state index is 6.33. The second-order valence-electron chi connectivity index (χ2n) is 5.85. The Labute approximate surface area is 136 Å². The number of hydrogen-bond acceptors (Lipinski definition) is 4. The molecular weight excluding hydrogens is 292 g/mol. The monoisotopic (exact) mass is 314 g/mol. The number of hydrogen-bond donors (Lipinski definition) is 0. The third-order valence-electron chi connectivity index (χ3n) is 4.45. The van der Waals surface area contributed by atoms with Gasteiger partial charge in [0.1, 0.15) is 11.4 Å². The molecule has 2 aromatic carbocycles. The molecule has 122 valence electrons. The quantitative estimate of drug-likeness (QED) is 0.856. The second-order valence-corrected chi connectivity index (χ2v) is 5.85. The third kappa shape index (κ3) is 2.69. The van der Waals surface area contributed by atoms with Crippen LogP contribution in [-0.2, 0) is 12.0 Å². The van der Waals surface area contributed by atoms with Gasteiger partial charge in [-0.3, -0.25) is 0 Å². The minimum absolute atomic E-state index is 0.429. The lowest BCUT2D eigenvalue weighted by atomic mass is 9.86. The molecule has 0 aliphatic carbocycles. The van der Waals surface area contributed by atoms with E-state index in [9.17, 15) is 0 Å². The Balaban J connectivity index is 2.04. The van der Waals surface area contributed by atoms with Crippen molar-refractivity contribution in [3.8, 4) is 23.0 Å². The molecule has 0 radical (unpaired) electrons. The van der Waals surface area contributed by atoms with Gasteiger partial charge in [0.05, 0.1) is 21.3 Å². The van der Waals surface area contributed by atoms with Crippen molar-refractivity contribution >= 4 is 0 Å². The molecule has 1 aliphatic rings. The van der Waals surface area contributed by atoms with Crippen LogP contribution in [0.3, 0.4) is 0 Å². The van der Waals surface area contributed by atoms with E-state index in [1.165, 1.54) is 5.56 Å². The summed E-state index contributed by atoms with van der Waals surface area (Å²) in [6.45, 7) is 2.10. The molecule has 2 aromatic rings. The molecule has 1 aliphatic heterocycles. The first-order valence-corrected chi connectivity index (χ1v) is 7.68. The summed E-state index contributed by atoms with van der Waals surface area (Å²) in [6, 6.07) is 12.1. The summed E-state index contributed by atoms with van der Waals surface area (Å²) in [5, 5.41) is 0. The van der Waals surface area contributed by atoms with Crippen LogP contribution in [0.1, 0.15) is 24.5 Å². The highest BCUT2D eigenvalue weighted by molar-refractivity contribution is 5.55. The van der Waals surface area contributed by atoms with Crippen molar-refractivity contribution in [3.05, 3.63) is 47.5 Å². The first-order valence-electron chi connectivity index (χ1n) is 7.68. The molecule has 0 aromatic heterocycles. The molecule has 0 N–H and O–H groups in total. The van der Waals surface area contributed by atoms with Crippen molar-refractivity contribution in [3.63, 3.8) is 0 Å². The second kappa shape index (κ2) is 6.03. The normalized spacial score (nSPS) is 19.5. The number of methoxy groups -OCH3 is 3. The van der Waals surface area contributed by atoms with Crippen molar-refractivity contribution in [2.45, 2.75) is 25.4 Å². The Morgan fingerprint density at radius 1 is 0.957 bits per heavy atom. The SMILES string of the molecule is COc1cc(C2(C)CCc3ccccc3O2)cc(OC)c1OC. The molecule has 1 unspecified atom stereocenters. The molecule has 4 heteroatoms. The number of para-hydroxylation sites is 1. The van der Waals surface area contributed by atoms with Crippen LogP contribution in [0.5, 0.6) is 23.0 Å². The van der Waals surface area contributed by atoms with Crippen LogP contribution in [0.4, 0.5) is 0 Å². The maximum atomic E-state index is 6.33. The van der Waals surface area contributed by atoms with Crippen molar-refractivity contribution in [2.75, 3.05) is 21.3 Å². The zero-order valence-electron chi connectivity index (χ0n) is 14.0. The van der Waals surface area contributed by atoms with Crippen LogP contribution in [0, 0.1) is 0 Å². The van der Waals surface area contributed by atoms with Crippen LogP contribution in [0.25, 0.3) is 0 Å². The van der Waals surface area contributed by atoms with Crippen molar-refractivity contribution < 1.29 is 18.9 Å². The van der Waals surface area contributed by atoms with Gasteiger partial charge in [0.25, 0.3) is 0 Å². The average Bonchev–Trinajstić information content (AvgIpc) is 2.60. The first kappa shape index (κ1) is 15.5. The van der Waals surface area contributed by atoms with Gasteiger partial charge in [-0.1, -0.05) is 18.2 Å². The van der Waals surface area contributed by atoms with Gasteiger partial charge in [-0.15, -0.1) is 0 Å². The Kier molecular flexibility index (Phi) is 4.07. The van der Waals surface area contributed by atoms with Gasteiger partial charge in [0.15, 0.2) is 11.5 Å². The van der Waals surface area contributed by atoms with Gasteiger partial charge < -0.3 is 18.9 Å². The highest BCUT2D eigenvalue weighted by Crippen LogP contribution is 2.45. The summed E-state index contributed by atoms with van der Waals surface area (Å²) in [4.78, 5) is 0. The third-order valence-corrected chi connectivity index (χ3v) is 4.45. The summed E-state index contributed by atoms with van der Waals surface area (Å²) >= 11 is 0. The Bertz CT molecular complexity index is 685. The summed E-state index contributed by atoms with van der Waals surface area (Å²) in [5.41, 5.74) is 1.83. The molecule has 23 heavy (non-hydrogen) atoms. The van der Waals surface area contributed by atoms with E-state index in [0.29, 0.717) is 17.2 Å². The maximum Gasteiger partial charge on any atom is 0.203 e. The minimum atomic E-state index is -0.429.